The number of likely N-dealkylation sites (tertiary alicyclic amines) is 1. The molecule has 0 aromatic heterocycles. The van der Waals surface area contributed by atoms with Crippen LogP contribution in [0.4, 0.5) is 0 Å². The van der Waals surface area contributed by atoms with E-state index in [1.807, 2.05) is 30.3 Å². The number of carbonyl (C=O) groups excluding carboxylic acids is 2. The molecule has 2 amide bonds. The molecule has 1 aliphatic rings. The van der Waals surface area contributed by atoms with Crippen LogP contribution in [0.3, 0.4) is 0 Å². The van der Waals surface area contributed by atoms with Crippen molar-refractivity contribution in [3.63, 3.8) is 0 Å². The molecule has 16 heavy (non-hydrogen) atoms. The summed E-state index contributed by atoms with van der Waals surface area (Å²) in [5.41, 5.74) is 0.961. The first-order chi connectivity index (χ1) is 7.77. The van der Waals surface area contributed by atoms with Crippen molar-refractivity contribution in [3.05, 3.63) is 42.0 Å². The van der Waals surface area contributed by atoms with Crippen molar-refractivity contribution in [2.24, 2.45) is 0 Å². The number of nitrogens with zero attached hydrogens (tertiary/aromatic N) is 1. The maximum Gasteiger partial charge on any atom is 0.253 e. The van der Waals surface area contributed by atoms with Crippen molar-refractivity contribution >= 4 is 17.9 Å². The highest BCUT2D eigenvalue weighted by atomic mass is 16.2. The van der Waals surface area contributed by atoms with Crippen molar-refractivity contribution in [1.29, 1.82) is 0 Å². The molecule has 0 N–H and O–H groups in total. The number of imide groups is 1. The van der Waals surface area contributed by atoms with Crippen molar-refractivity contribution in [3.8, 4) is 0 Å². The highest BCUT2D eigenvalue weighted by Gasteiger charge is 2.24. The average molecular weight is 215 g/mol. The van der Waals surface area contributed by atoms with Gasteiger partial charge in [-0.15, -0.1) is 0 Å². The van der Waals surface area contributed by atoms with E-state index in [4.69, 9.17) is 0 Å². The third-order valence-corrected chi connectivity index (χ3v) is 2.56. The molecule has 1 aromatic carbocycles. The maximum atomic E-state index is 11.6. The highest BCUT2D eigenvalue weighted by Crippen LogP contribution is 2.10. The summed E-state index contributed by atoms with van der Waals surface area (Å²) >= 11 is 0. The van der Waals surface area contributed by atoms with Gasteiger partial charge in [-0.1, -0.05) is 30.3 Å². The van der Waals surface area contributed by atoms with Crippen LogP contribution in [0.2, 0.25) is 0 Å². The quantitative estimate of drug-likeness (QED) is 0.706. The topological polar surface area (TPSA) is 37.4 Å². The Morgan fingerprint density at radius 3 is 2.62 bits per heavy atom. The van der Waals surface area contributed by atoms with E-state index in [0.717, 1.165) is 12.0 Å². The van der Waals surface area contributed by atoms with Crippen LogP contribution >= 0.6 is 0 Å². The molecule has 1 aliphatic heterocycles. The van der Waals surface area contributed by atoms with E-state index < -0.39 is 0 Å². The molecule has 0 bridgehead atoms. The number of rotatable bonds is 2. The van der Waals surface area contributed by atoms with Crippen LogP contribution in [0, 0.1) is 0 Å². The summed E-state index contributed by atoms with van der Waals surface area (Å²) in [5.74, 6) is -0.283. The van der Waals surface area contributed by atoms with Gasteiger partial charge in [-0.2, -0.15) is 0 Å². The summed E-state index contributed by atoms with van der Waals surface area (Å²) in [7, 11) is 0. The van der Waals surface area contributed by atoms with Gasteiger partial charge >= 0.3 is 0 Å². The number of hydrogen-bond acceptors (Lipinski definition) is 2. The fraction of sp³-hybridized carbons (Fsp3) is 0.231. The van der Waals surface area contributed by atoms with Crippen LogP contribution in [0.1, 0.15) is 18.4 Å². The van der Waals surface area contributed by atoms with Crippen molar-refractivity contribution in [2.45, 2.75) is 12.8 Å². The van der Waals surface area contributed by atoms with Crippen LogP contribution in [-0.2, 0) is 9.59 Å². The number of hydrogen-bond donors (Lipinski definition) is 0. The maximum absolute atomic E-state index is 11.6. The van der Waals surface area contributed by atoms with E-state index in [0.29, 0.717) is 13.0 Å². The lowest BCUT2D eigenvalue weighted by atomic mass is 10.2. The summed E-state index contributed by atoms with van der Waals surface area (Å²) in [5, 5.41) is 0. The Labute approximate surface area is 94.4 Å². The van der Waals surface area contributed by atoms with Crippen molar-refractivity contribution in [2.75, 3.05) is 6.54 Å². The molecule has 1 saturated heterocycles. The number of amides is 2. The molecule has 0 atom stereocenters. The second kappa shape index (κ2) is 4.75. The van der Waals surface area contributed by atoms with Gasteiger partial charge in [-0.25, -0.2) is 0 Å². The van der Waals surface area contributed by atoms with Gasteiger partial charge in [-0.05, 0) is 18.1 Å². The van der Waals surface area contributed by atoms with Crippen LogP contribution in [0.15, 0.2) is 36.4 Å². The second-order valence-electron chi connectivity index (χ2n) is 3.73. The van der Waals surface area contributed by atoms with Crippen LogP contribution in [0.5, 0.6) is 0 Å². The van der Waals surface area contributed by atoms with E-state index in [-0.39, 0.29) is 11.8 Å². The summed E-state index contributed by atoms with van der Waals surface area (Å²) in [6, 6.07) is 9.56. The lowest BCUT2D eigenvalue weighted by Gasteiger charge is -2.09. The zero-order chi connectivity index (χ0) is 11.4. The molecule has 0 radical (unpaired) electrons. The zero-order valence-electron chi connectivity index (χ0n) is 8.93. The lowest BCUT2D eigenvalue weighted by molar-refractivity contribution is -0.138. The summed E-state index contributed by atoms with van der Waals surface area (Å²) in [4.78, 5) is 24.3. The van der Waals surface area contributed by atoms with E-state index in [1.54, 1.807) is 6.08 Å². The third-order valence-electron chi connectivity index (χ3n) is 2.56. The summed E-state index contributed by atoms with van der Waals surface area (Å²) in [6.45, 7) is 0.552. The average Bonchev–Trinajstić information content (AvgIpc) is 2.74. The van der Waals surface area contributed by atoms with E-state index in [2.05, 4.69) is 0 Å². The van der Waals surface area contributed by atoms with E-state index >= 15 is 0 Å². The van der Waals surface area contributed by atoms with Gasteiger partial charge in [0.1, 0.15) is 0 Å². The van der Waals surface area contributed by atoms with Crippen molar-refractivity contribution < 1.29 is 9.59 Å². The number of carbonyl (C=O) groups is 2. The first kappa shape index (κ1) is 10.6. The Bertz CT molecular complexity index is 423. The molecule has 0 unspecified atom stereocenters. The zero-order valence-corrected chi connectivity index (χ0v) is 8.93. The molecule has 0 saturated carbocycles. The van der Waals surface area contributed by atoms with Gasteiger partial charge in [0.25, 0.3) is 5.91 Å². The molecule has 1 fully saturated rings. The van der Waals surface area contributed by atoms with Crippen LogP contribution < -0.4 is 0 Å². The Morgan fingerprint density at radius 1 is 1.25 bits per heavy atom. The van der Waals surface area contributed by atoms with Gasteiger partial charge < -0.3 is 0 Å². The summed E-state index contributed by atoms with van der Waals surface area (Å²) in [6.07, 6.45) is 4.46. The lowest BCUT2D eigenvalue weighted by Crippen LogP contribution is -2.30. The third kappa shape index (κ3) is 2.37. The minimum Gasteiger partial charge on any atom is -0.279 e. The Balaban J connectivity index is 2.02. The predicted molar refractivity (Wildman–Crippen MR) is 61.4 cm³/mol. The van der Waals surface area contributed by atoms with E-state index in [1.165, 1.54) is 11.0 Å². The van der Waals surface area contributed by atoms with E-state index in [9.17, 15) is 9.59 Å². The Kier molecular flexibility index (Phi) is 3.15. The molecule has 0 aliphatic carbocycles. The molecule has 0 spiro atoms. The first-order valence-electron chi connectivity index (χ1n) is 5.35. The highest BCUT2D eigenvalue weighted by molar-refractivity contribution is 6.03. The van der Waals surface area contributed by atoms with Gasteiger partial charge in [0.15, 0.2) is 0 Å². The molecule has 3 heteroatoms. The molecular formula is C13H13NO2. The van der Waals surface area contributed by atoms with Gasteiger partial charge in [-0.3, -0.25) is 14.5 Å². The molecule has 3 nitrogen and oxygen atoms in total. The number of benzene rings is 1. The molecule has 82 valence electrons. The minimum atomic E-state index is -0.216. The summed E-state index contributed by atoms with van der Waals surface area (Å²) < 4.78 is 0. The monoisotopic (exact) mass is 215 g/mol. The molecule has 1 heterocycles. The fourth-order valence-electron chi connectivity index (χ4n) is 1.70. The smallest absolute Gasteiger partial charge is 0.253 e. The largest absolute Gasteiger partial charge is 0.279 e. The van der Waals surface area contributed by atoms with Gasteiger partial charge in [0, 0.05) is 19.0 Å². The van der Waals surface area contributed by atoms with Crippen LogP contribution in [-0.4, -0.2) is 23.3 Å². The molecule has 2 rings (SSSR count). The second-order valence-corrected chi connectivity index (χ2v) is 3.73. The normalized spacial score (nSPS) is 16.0. The van der Waals surface area contributed by atoms with Crippen LogP contribution in [0.25, 0.3) is 6.08 Å². The van der Waals surface area contributed by atoms with Gasteiger partial charge in [0.05, 0.1) is 0 Å². The fourth-order valence-corrected chi connectivity index (χ4v) is 1.70. The SMILES string of the molecule is O=C(C=Cc1ccccc1)N1CCCC1=O. The Morgan fingerprint density at radius 2 is 2.00 bits per heavy atom. The van der Waals surface area contributed by atoms with Crippen molar-refractivity contribution in [1.82, 2.24) is 4.90 Å². The minimum absolute atomic E-state index is 0.0669. The Hall–Kier alpha value is -1.90. The standard InChI is InChI=1S/C13H13NO2/c15-12-7-4-10-14(12)13(16)9-8-11-5-2-1-3-6-11/h1-3,5-6,8-9H,4,7,10H2. The molecular weight excluding hydrogens is 202 g/mol. The van der Waals surface area contributed by atoms with Gasteiger partial charge in [0.2, 0.25) is 5.91 Å². The predicted octanol–water partition coefficient (Wildman–Crippen LogP) is 1.85. The first-order valence-corrected chi connectivity index (χ1v) is 5.35. The molecule has 1 aromatic rings.